The van der Waals surface area contributed by atoms with Gasteiger partial charge in [-0.15, -0.1) is 0 Å². The minimum Gasteiger partial charge on any atom is -0.399 e. The van der Waals surface area contributed by atoms with E-state index in [1.165, 1.54) is 5.56 Å². The van der Waals surface area contributed by atoms with Crippen molar-refractivity contribution in [3.63, 3.8) is 0 Å². The van der Waals surface area contributed by atoms with Crippen LogP contribution in [0.2, 0.25) is 0 Å². The normalized spacial score (nSPS) is 27.8. The Bertz CT molecular complexity index is 479. The van der Waals surface area contributed by atoms with Crippen LogP contribution in [-0.2, 0) is 14.0 Å². The monoisotopic (exact) mass is 289 g/mol. The molecule has 2 aliphatic heterocycles. The summed E-state index contributed by atoms with van der Waals surface area (Å²) in [7, 11) is -0.292. The van der Waals surface area contributed by atoms with Crippen LogP contribution in [0.5, 0.6) is 0 Å². The highest BCUT2D eigenvalue weighted by atomic mass is 16.7. The zero-order valence-corrected chi connectivity index (χ0v) is 13.3. The first-order chi connectivity index (χ1) is 9.89. The molecule has 0 radical (unpaired) electrons. The highest BCUT2D eigenvalue weighted by molar-refractivity contribution is 6.62. The Kier molecular flexibility index (Phi) is 3.86. The molecule has 1 N–H and O–H groups in total. The Balaban J connectivity index is 1.73. The van der Waals surface area contributed by atoms with Crippen molar-refractivity contribution in [2.75, 3.05) is 19.8 Å². The fraction of sp³-hybridized carbons (Fsp3) is 0.625. The Morgan fingerprint density at radius 1 is 1.05 bits per heavy atom. The summed E-state index contributed by atoms with van der Waals surface area (Å²) in [5.41, 5.74) is 1.72. The lowest BCUT2D eigenvalue weighted by atomic mass is 9.78. The molecule has 2 heterocycles. The Morgan fingerprint density at radius 2 is 1.67 bits per heavy atom. The number of hydrogen-bond acceptors (Lipinski definition) is 4. The van der Waals surface area contributed by atoms with Gasteiger partial charge >= 0.3 is 7.12 Å². The molecule has 4 nitrogen and oxygen atoms in total. The van der Waals surface area contributed by atoms with E-state index in [4.69, 9.17) is 14.0 Å². The van der Waals surface area contributed by atoms with Crippen LogP contribution >= 0.6 is 0 Å². The van der Waals surface area contributed by atoms with E-state index in [9.17, 15) is 0 Å². The topological polar surface area (TPSA) is 39.7 Å². The average Bonchev–Trinajstić information content (AvgIpc) is 2.69. The van der Waals surface area contributed by atoms with Crippen LogP contribution in [-0.4, -0.2) is 38.1 Å². The van der Waals surface area contributed by atoms with Gasteiger partial charge in [0.1, 0.15) is 0 Å². The van der Waals surface area contributed by atoms with Crippen LogP contribution < -0.4 is 10.8 Å². The highest BCUT2D eigenvalue weighted by Gasteiger charge is 2.51. The quantitative estimate of drug-likeness (QED) is 0.840. The van der Waals surface area contributed by atoms with E-state index in [0.29, 0.717) is 0 Å². The Labute approximate surface area is 127 Å². The molecule has 2 fully saturated rings. The zero-order chi connectivity index (χ0) is 15.1. The number of rotatable bonds is 2. The van der Waals surface area contributed by atoms with Gasteiger partial charge in [-0.2, -0.15) is 0 Å². The third-order valence-corrected chi connectivity index (χ3v) is 4.79. The van der Waals surface area contributed by atoms with E-state index >= 15 is 0 Å². The molecule has 0 amide bonds. The van der Waals surface area contributed by atoms with Gasteiger partial charge < -0.3 is 19.4 Å². The summed E-state index contributed by atoms with van der Waals surface area (Å²) >= 11 is 0. The first kappa shape index (κ1) is 15.0. The second-order valence-corrected chi connectivity index (χ2v) is 6.84. The Hall–Kier alpha value is -0.875. The molecule has 5 heteroatoms. The SMILES string of the molecule is CC1(C)OB(c2ccc(C3COCCN3)cc2)OC1(C)C. The van der Waals surface area contributed by atoms with Crippen LogP contribution in [0.15, 0.2) is 24.3 Å². The molecular weight excluding hydrogens is 265 g/mol. The van der Waals surface area contributed by atoms with E-state index < -0.39 is 0 Å². The molecule has 2 saturated heterocycles. The fourth-order valence-electron chi connectivity index (χ4n) is 2.64. The standard InChI is InChI=1S/C16H24BNO3/c1-15(2)16(3,4)21-17(20-15)13-7-5-12(6-8-13)14-11-19-10-9-18-14/h5-8,14,18H,9-11H2,1-4H3. The average molecular weight is 289 g/mol. The number of ether oxygens (including phenoxy) is 1. The molecule has 1 aromatic rings. The van der Waals surface area contributed by atoms with Crippen molar-refractivity contribution in [3.05, 3.63) is 29.8 Å². The largest absolute Gasteiger partial charge is 0.494 e. The van der Waals surface area contributed by atoms with Crippen LogP contribution in [0.25, 0.3) is 0 Å². The number of hydrogen-bond donors (Lipinski definition) is 1. The lowest BCUT2D eigenvalue weighted by Gasteiger charge is -2.32. The molecule has 21 heavy (non-hydrogen) atoms. The molecule has 0 bridgehead atoms. The third-order valence-electron chi connectivity index (χ3n) is 4.79. The summed E-state index contributed by atoms with van der Waals surface area (Å²) in [6, 6.07) is 8.73. The second-order valence-electron chi connectivity index (χ2n) is 6.84. The predicted octanol–water partition coefficient (Wildman–Crippen LogP) is 1.65. The van der Waals surface area contributed by atoms with E-state index in [1.54, 1.807) is 0 Å². The second kappa shape index (κ2) is 5.40. The van der Waals surface area contributed by atoms with E-state index in [1.807, 2.05) is 0 Å². The van der Waals surface area contributed by atoms with Gasteiger partial charge in [-0.1, -0.05) is 24.3 Å². The first-order valence-corrected chi connectivity index (χ1v) is 7.66. The third kappa shape index (κ3) is 2.88. The maximum Gasteiger partial charge on any atom is 0.494 e. The maximum absolute atomic E-state index is 6.07. The summed E-state index contributed by atoms with van der Waals surface area (Å²) in [6.45, 7) is 10.7. The number of nitrogens with one attached hydrogen (secondary N) is 1. The molecule has 114 valence electrons. The molecule has 0 aromatic heterocycles. The van der Waals surface area contributed by atoms with E-state index in [-0.39, 0.29) is 24.4 Å². The maximum atomic E-state index is 6.07. The fourth-order valence-corrected chi connectivity index (χ4v) is 2.64. The highest BCUT2D eigenvalue weighted by Crippen LogP contribution is 2.36. The van der Waals surface area contributed by atoms with Crippen molar-refractivity contribution >= 4 is 12.6 Å². The lowest BCUT2D eigenvalue weighted by Crippen LogP contribution is -2.41. The summed E-state index contributed by atoms with van der Waals surface area (Å²) in [5.74, 6) is 0. The minimum atomic E-state index is -0.297. The van der Waals surface area contributed by atoms with Gasteiger partial charge in [0.2, 0.25) is 0 Å². The van der Waals surface area contributed by atoms with E-state index in [0.717, 1.165) is 25.2 Å². The lowest BCUT2D eigenvalue weighted by molar-refractivity contribution is 0.00578. The molecule has 2 aliphatic rings. The summed E-state index contributed by atoms with van der Waals surface area (Å²) in [4.78, 5) is 0. The predicted molar refractivity (Wildman–Crippen MR) is 83.7 cm³/mol. The van der Waals surface area contributed by atoms with Crippen LogP contribution in [0.3, 0.4) is 0 Å². The van der Waals surface area contributed by atoms with Crippen molar-refractivity contribution in [1.29, 1.82) is 0 Å². The van der Waals surface area contributed by atoms with Gasteiger partial charge in [-0.25, -0.2) is 0 Å². The summed E-state index contributed by atoms with van der Waals surface area (Å²) < 4.78 is 17.7. The van der Waals surface area contributed by atoms with Crippen LogP contribution in [0, 0.1) is 0 Å². The van der Waals surface area contributed by atoms with Crippen molar-refractivity contribution in [2.24, 2.45) is 0 Å². The van der Waals surface area contributed by atoms with Gasteiger partial charge in [0, 0.05) is 6.54 Å². The van der Waals surface area contributed by atoms with Gasteiger partial charge in [0.05, 0.1) is 30.5 Å². The van der Waals surface area contributed by atoms with Crippen molar-refractivity contribution in [1.82, 2.24) is 5.32 Å². The Morgan fingerprint density at radius 3 is 2.19 bits per heavy atom. The molecule has 1 aromatic carbocycles. The summed E-state index contributed by atoms with van der Waals surface area (Å²) in [6.07, 6.45) is 0. The summed E-state index contributed by atoms with van der Waals surface area (Å²) in [5, 5.41) is 3.46. The molecule has 1 unspecified atom stereocenters. The van der Waals surface area contributed by atoms with Crippen molar-refractivity contribution in [3.8, 4) is 0 Å². The zero-order valence-electron chi connectivity index (χ0n) is 13.3. The van der Waals surface area contributed by atoms with E-state index in [2.05, 4.69) is 57.3 Å². The molecular formula is C16H24BNO3. The van der Waals surface area contributed by atoms with Crippen molar-refractivity contribution in [2.45, 2.75) is 44.9 Å². The number of morpholine rings is 1. The van der Waals surface area contributed by atoms with Crippen molar-refractivity contribution < 1.29 is 14.0 Å². The molecule has 3 rings (SSSR count). The van der Waals surface area contributed by atoms with Gasteiger partial charge in [-0.05, 0) is 38.7 Å². The molecule has 1 atom stereocenters. The van der Waals surface area contributed by atoms with Crippen LogP contribution in [0.1, 0.15) is 39.3 Å². The first-order valence-electron chi connectivity index (χ1n) is 7.66. The molecule has 0 spiro atoms. The van der Waals surface area contributed by atoms with Gasteiger partial charge in [-0.3, -0.25) is 0 Å². The van der Waals surface area contributed by atoms with Gasteiger partial charge in [0.25, 0.3) is 0 Å². The minimum absolute atomic E-state index is 0.283. The van der Waals surface area contributed by atoms with Gasteiger partial charge in [0.15, 0.2) is 0 Å². The smallest absolute Gasteiger partial charge is 0.399 e. The number of benzene rings is 1. The molecule has 0 saturated carbocycles. The van der Waals surface area contributed by atoms with Crippen LogP contribution in [0.4, 0.5) is 0 Å². The molecule has 0 aliphatic carbocycles.